The van der Waals surface area contributed by atoms with E-state index < -0.39 is 0 Å². The van der Waals surface area contributed by atoms with Gasteiger partial charge in [0.2, 0.25) is 0 Å². The van der Waals surface area contributed by atoms with Crippen LogP contribution in [0.15, 0.2) is 33.9 Å². The highest BCUT2D eigenvalue weighted by Gasteiger charge is 2.04. The molecular formula is C16H21BrFIN4S. The predicted molar refractivity (Wildman–Crippen MR) is 113 cm³/mol. The number of benzene rings is 1. The molecule has 1 aromatic heterocycles. The van der Waals surface area contributed by atoms with Crippen LogP contribution in [0.5, 0.6) is 0 Å². The van der Waals surface area contributed by atoms with Crippen LogP contribution in [0.25, 0.3) is 0 Å². The Morgan fingerprint density at radius 2 is 2.17 bits per heavy atom. The number of halogens is 3. The van der Waals surface area contributed by atoms with Crippen LogP contribution in [0.1, 0.15) is 22.4 Å². The molecule has 4 nitrogen and oxygen atoms in total. The Morgan fingerprint density at radius 1 is 1.38 bits per heavy atom. The Bertz CT molecular complexity index is 678. The molecule has 0 saturated heterocycles. The topological polar surface area (TPSA) is 49.3 Å². The first-order valence-corrected chi connectivity index (χ1v) is 9.07. The van der Waals surface area contributed by atoms with Gasteiger partial charge in [-0.15, -0.1) is 35.3 Å². The minimum Gasteiger partial charge on any atom is -0.357 e. The lowest BCUT2D eigenvalue weighted by molar-refractivity contribution is 0.609. The zero-order valence-corrected chi connectivity index (χ0v) is 18.3. The highest BCUT2D eigenvalue weighted by atomic mass is 127. The summed E-state index contributed by atoms with van der Waals surface area (Å²) in [7, 11) is 0. The second-order valence-electron chi connectivity index (χ2n) is 4.97. The first-order chi connectivity index (χ1) is 11.1. The number of thiazole rings is 1. The van der Waals surface area contributed by atoms with Crippen LogP contribution in [0.2, 0.25) is 0 Å². The molecule has 0 bridgehead atoms. The van der Waals surface area contributed by atoms with Crippen LogP contribution < -0.4 is 10.6 Å². The van der Waals surface area contributed by atoms with Crippen molar-refractivity contribution in [3.05, 3.63) is 50.1 Å². The van der Waals surface area contributed by atoms with Crippen LogP contribution >= 0.6 is 51.2 Å². The molecule has 2 aromatic rings. The summed E-state index contributed by atoms with van der Waals surface area (Å²) in [6.45, 7) is 5.84. The molecule has 132 valence electrons. The van der Waals surface area contributed by atoms with Crippen molar-refractivity contribution in [3.8, 4) is 0 Å². The Hall–Kier alpha value is -0.740. The Kier molecular flexibility index (Phi) is 9.75. The monoisotopic (exact) mass is 526 g/mol. The zero-order chi connectivity index (χ0) is 16.7. The number of aromatic nitrogens is 1. The predicted octanol–water partition coefficient (Wildman–Crippen LogP) is 4.27. The van der Waals surface area contributed by atoms with Crippen molar-refractivity contribution in [1.82, 2.24) is 15.6 Å². The summed E-state index contributed by atoms with van der Waals surface area (Å²) in [6.07, 6.45) is 2.73. The van der Waals surface area contributed by atoms with Crippen LogP contribution in [0.3, 0.4) is 0 Å². The van der Waals surface area contributed by atoms with Crippen LogP contribution in [0, 0.1) is 12.7 Å². The number of nitrogens with zero attached hydrogens (tertiary/aromatic N) is 2. The molecule has 2 N–H and O–H groups in total. The fraction of sp³-hybridized carbons (Fsp3) is 0.375. The third kappa shape index (κ3) is 7.02. The van der Waals surface area contributed by atoms with E-state index in [1.54, 1.807) is 17.4 Å². The van der Waals surface area contributed by atoms with Gasteiger partial charge in [-0.25, -0.2) is 14.4 Å². The van der Waals surface area contributed by atoms with Gasteiger partial charge >= 0.3 is 0 Å². The molecule has 1 aromatic carbocycles. The minimum atomic E-state index is -0.253. The van der Waals surface area contributed by atoms with Gasteiger partial charge in [0.15, 0.2) is 5.96 Å². The van der Waals surface area contributed by atoms with Gasteiger partial charge in [0.1, 0.15) is 5.82 Å². The van der Waals surface area contributed by atoms with Crippen LogP contribution in [-0.2, 0) is 13.0 Å². The summed E-state index contributed by atoms with van der Waals surface area (Å²) in [4.78, 5) is 9.98. The first-order valence-electron chi connectivity index (χ1n) is 7.46. The number of guanidine groups is 1. The maximum absolute atomic E-state index is 13.8. The second kappa shape index (κ2) is 11.0. The third-order valence-electron chi connectivity index (χ3n) is 3.07. The number of aliphatic imine (C=N–C) groups is 1. The van der Waals surface area contributed by atoms with E-state index >= 15 is 0 Å². The lowest BCUT2D eigenvalue weighted by atomic mass is 10.2. The molecule has 8 heteroatoms. The summed E-state index contributed by atoms with van der Waals surface area (Å²) in [6, 6.07) is 5.01. The van der Waals surface area contributed by atoms with Crippen molar-refractivity contribution in [1.29, 1.82) is 0 Å². The van der Waals surface area contributed by atoms with Crippen molar-refractivity contribution in [2.45, 2.75) is 26.8 Å². The fourth-order valence-corrected chi connectivity index (χ4v) is 3.08. The highest BCUT2D eigenvalue weighted by molar-refractivity contribution is 14.0. The summed E-state index contributed by atoms with van der Waals surface area (Å²) in [5.41, 5.74) is 0.570. The van der Waals surface area contributed by atoms with E-state index in [9.17, 15) is 4.39 Å². The zero-order valence-electron chi connectivity index (χ0n) is 13.6. The Balaban J connectivity index is 0.00000288. The molecule has 0 fully saturated rings. The smallest absolute Gasteiger partial charge is 0.191 e. The van der Waals surface area contributed by atoms with E-state index in [-0.39, 0.29) is 29.8 Å². The number of hydrogen-bond acceptors (Lipinski definition) is 3. The van der Waals surface area contributed by atoms with E-state index in [4.69, 9.17) is 0 Å². The first kappa shape index (κ1) is 21.3. The van der Waals surface area contributed by atoms with Crippen molar-refractivity contribution in [2.75, 3.05) is 13.1 Å². The molecule has 0 amide bonds. The standard InChI is InChI=1S/C16H20BrFN4S.HI/c1-3-19-16(20-7-6-15-21-9-11(2)23-15)22-10-12-4-5-13(17)8-14(12)18;/h4-5,8-9H,3,6-7,10H2,1-2H3,(H2,19,20,22);1H. The summed E-state index contributed by atoms with van der Waals surface area (Å²) >= 11 is 4.95. The molecule has 0 unspecified atom stereocenters. The van der Waals surface area contributed by atoms with Gasteiger partial charge in [0.25, 0.3) is 0 Å². The SMILES string of the molecule is CCNC(=NCc1ccc(Br)cc1F)NCCc1ncc(C)s1.I. The van der Waals surface area contributed by atoms with Gasteiger partial charge in [0, 0.05) is 40.6 Å². The summed E-state index contributed by atoms with van der Waals surface area (Å²) < 4.78 is 14.5. The summed E-state index contributed by atoms with van der Waals surface area (Å²) in [5.74, 6) is 0.431. The van der Waals surface area contributed by atoms with E-state index in [0.717, 1.165) is 29.0 Å². The Morgan fingerprint density at radius 3 is 2.79 bits per heavy atom. The normalized spacial score (nSPS) is 11.1. The highest BCUT2D eigenvalue weighted by Crippen LogP contribution is 2.16. The molecule has 0 aliphatic rings. The number of nitrogens with one attached hydrogen (secondary N) is 2. The van der Waals surface area contributed by atoms with E-state index in [1.807, 2.05) is 26.1 Å². The number of aryl methyl sites for hydroxylation is 1. The number of rotatable bonds is 6. The van der Waals surface area contributed by atoms with Crippen LogP contribution in [0.4, 0.5) is 4.39 Å². The van der Waals surface area contributed by atoms with Gasteiger partial charge in [0.05, 0.1) is 11.6 Å². The lowest BCUT2D eigenvalue weighted by Gasteiger charge is -2.11. The Labute approximate surface area is 171 Å². The number of hydrogen-bond donors (Lipinski definition) is 2. The second-order valence-corrected chi connectivity index (χ2v) is 7.21. The molecule has 24 heavy (non-hydrogen) atoms. The van der Waals surface area contributed by atoms with E-state index in [2.05, 4.69) is 36.5 Å². The summed E-state index contributed by atoms with van der Waals surface area (Å²) in [5, 5.41) is 7.52. The molecule has 0 aliphatic heterocycles. The molecule has 0 atom stereocenters. The molecule has 2 rings (SSSR count). The molecule has 1 heterocycles. The maximum atomic E-state index is 13.8. The average molecular weight is 527 g/mol. The third-order valence-corrected chi connectivity index (χ3v) is 4.53. The molecule has 0 spiro atoms. The average Bonchev–Trinajstić information content (AvgIpc) is 2.91. The van der Waals surface area contributed by atoms with Crippen LogP contribution in [-0.4, -0.2) is 24.0 Å². The van der Waals surface area contributed by atoms with Crippen molar-refractivity contribution in [2.24, 2.45) is 4.99 Å². The van der Waals surface area contributed by atoms with Gasteiger partial charge < -0.3 is 10.6 Å². The van der Waals surface area contributed by atoms with Gasteiger partial charge in [-0.1, -0.05) is 22.0 Å². The van der Waals surface area contributed by atoms with E-state index in [1.165, 1.54) is 10.9 Å². The fourth-order valence-electron chi connectivity index (χ4n) is 1.96. The molecule has 0 saturated carbocycles. The minimum absolute atomic E-state index is 0. The quantitative estimate of drug-likeness (QED) is 0.336. The van der Waals surface area contributed by atoms with Crippen molar-refractivity contribution in [3.63, 3.8) is 0 Å². The van der Waals surface area contributed by atoms with Crippen molar-refractivity contribution < 1.29 is 4.39 Å². The largest absolute Gasteiger partial charge is 0.357 e. The van der Waals surface area contributed by atoms with E-state index in [0.29, 0.717) is 18.1 Å². The molecule has 0 radical (unpaired) electrons. The molecular weight excluding hydrogens is 506 g/mol. The van der Waals surface area contributed by atoms with Crippen molar-refractivity contribution >= 4 is 57.2 Å². The van der Waals surface area contributed by atoms with Gasteiger partial charge in [-0.05, 0) is 26.0 Å². The van der Waals surface area contributed by atoms with Gasteiger partial charge in [-0.2, -0.15) is 0 Å². The maximum Gasteiger partial charge on any atom is 0.191 e. The molecule has 0 aliphatic carbocycles. The lowest BCUT2D eigenvalue weighted by Crippen LogP contribution is -2.38. The van der Waals surface area contributed by atoms with Gasteiger partial charge in [-0.3, -0.25) is 0 Å².